The molecule has 0 fully saturated rings. The fourth-order valence-corrected chi connectivity index (χ4v) is 3.18. The van der Waals surface area contributed by atoms with Crippen LogP contribution in [0.5, 0.6) is 0 Å². The Balaban J connectivity index is 3.00. The predicted octanol–water partition coefficient (Wildman–Crippen LogP) is 6.24. The maximum atomic E-state index is 10.6. The van der Waals surface area contributed by atoms with Crippen molar-refractivity contribution in [1.29, 1.82) is 0 Å². The van der Waals surface area contributed by atoms with Gasteiger partial charge in [0.2, 0.25) is 0 Å². The smallest absolute Gasteiger partial charge is 0.328 e. The average Bonchev–Trinajstić information content (AvgIpc) is 2.43. The molecule has 0 aromatic rings. The van der Waals surface area contributed by atoms with Gasteiger partial charge in [0.25, 0.3) is 0 Å². The highest BCUT2D eigenvalue weighted by Crippen LogP contribution is 2.40. The highest BCUT2D eigenvalue weighted by atomic mass is 16.4. The molecule has 0 unspecified atom stereocenters. The molecule has 0 atom stereocenters. The van der Waals surface area contributed by atoms with E-state index in [1.165, 1.54) is 42.1 Å². The molecule has 1 N–H and O–H groups in total. The van der Waals surface area contributed by atoms with E-state index in [0.29, 0.717) is 5.92 Å². The third-order valence-corrected chi connectivity index (χ3v) is 4.65. The van der Waals surface area contributed by atoms with Gasteiger partial charge in [-0.15, -0.1) is 0 Å². The quantitative estimate of drug-likeness (QED) is 0.463. The Hall–Kier alpha value is -1.83. The molecule has 0 aliphatic heterocycles. The highest BCUT2D eigenvalue weighted by Gasteiger charge is 2.26. The summed E-state index contributed by atoms with van der Waals surface area (Å²) < 4.78 is 0. The zero-order valence-corrected chi connectivity index (χ0v) is 16.0. The molecule has 2 nitrogen and oxygen atoms in total. The summed E-state index contributed by atoms with van der Waals surface area (Å²) in [5.74, 6) is -0.491. The van der Waals surface area contributed by atoms with Crippen LogP contribution in [0.25, 0.3) is 0 Å². The minimum Gasteiger partial charge on any atom is -0.478 e. The SMILES string of the molecule is CC(C=CC=C(C=CC1=C(C)CCCC1(C)C)C(C)C)=CC(=O)O. The van der Waals surface area contributed by atoms with Crippen molar-refractivity contribution in [3.05, 3.63) is 58.7 Å². The van der Waals surface area contributed by atoms with Crippen molar-refractivity contribution in [2.75, 3.05) is 0 Å². The third kappa shape index (κ3) is 6.35. The molecule has 0 aromatic heterocycles. The van der Waals surface area contributed by atoms with Gasteiger partial charge >= 0.3 is 5.97 Å². The van der Waals surface area contributed by atoms with Crippen molar-refractivity contribution in [3.8, 4) is 0 Å². The number of hydrogen-bond acceptors (Lipinski definition) is 1. The predicted molar refractivity (Wildman–Crippen MR) is 103 cm³/mol. The van der Waals surface area contributed by atoms with E-state index in [1.54, 1.807) is 6.92 Å². The van der Waals surface area contributed by atoms with Crippen LogP contribution in [-0.4, -0.2) is 11.1 Å². The molecular formula is C22H32O2. The van der Waals surface area contributed by atoms with Crippen molar-refractivity contribution in [2.45, 2.75) is 60.8 Å². The molecule has 132 valence electrons. The van der Waals surface area contributed by atoms with Gasteiger partial charge in [0.15, 0.2) is 0 Å². The molecule has 0 radical (unpaired) electrons. The molecule has 1 aliphatic carbocycles. The lowest BCUT2D eigenvalue weighted by Gasteiger charge is -2.33. The Morgan fingerprint density at radius 1 is 1.25 bits per heavy atom. The van der Waals surface area contributed by atoms with Gasteiger partial charge in [-0.1, -0.05) is 63.6 Å². The monoisotopic (exact) mass is 328 g/mol. The van der Waals surface area contributed by atoms with E-state index < -0.39 is 5.97 Å². The van der Waals surface area contributed by atoms with Gasteiger partial charge in [-0.3, -0.25) is 0 Å². The normalized spacial score (nSPS) is 19.8. The highest BCUT2D eigenvalue weighted by molar-refractivity contribution is 5.81. The Labute approximate surface area is 147 Å². The second-order valence-electron chi connectivity index (χ2n) is 7.67. The first-order chi connectivity index (χ1) is 11.1. The number of allylic oxidation sites excluding steroid dienone is 9. The van der Waals surface area contributed by atoms with E-state index in [0.717, 1.165) is 5.57 Å². The molecule has 0 heterocycles. The lowest BCUT2D eigenvalue weighted by Crippen LogP contribution is -2.19. The van der Waals surface area contributed by atoms with Crippen LogP contribution in [-0.2, 0) is 4.79 Å². The lowest BCUT2D eigenvalue weighted by atomic mass is 9.72. The van der Waals surface area contributed by atoms with Crippen molar-refractivity contribution in [2.24, 2.45) is 11.3 Å². The molecule has 2 heteroatoms. The number of rotatable bonds is 6. The van der Waals surface area contributed by atoms with Crippen LogP contribution in [0.2, 0.25) is 0 Å². The van der Waals surface area contributed by atoms with Crippen LogP contribution >= 0.6 is 0 Å². The van der Waals surface area contributed by atoms with Crippen LogP contribution in [0.15, 0.2) is 58.7 Å². The van der Waals surface area contributed by atoms with Crippen molar-refractivity contribution in [1.82, 2.24) is 0 Å². The van der Waals surface area contributed by atoms with Gasteiger partial charge in [-0.2, -0.15) is 0 Å². The zero-order valence-electron chi connectivity index (χ0n) is 16.0. The molecule has 24 heavy (non-hydrogen) atoms. The Bertz CT molecular complexity index is 608. The summed E-state index contributed by atoms with van der Waals surface area (Å²) in [6, 6.07) is 0. The van der Waals surface area contributed by atoms with Crippen molar-refractivity contribution < 1.29 is 9.90 Å². The topological polar surface area (TPSA) is 37.3 Å². The largest absolute Gasteiger partial charge is 0.478 e. The summed E-state index contributed by atoms with van der Waals surface area (Å²) in [6.07, 6.45) is 15.3. The molecular weight excluding hydrogens is 296 g/mol. The van der Waals surface area contributed by atoms with E-state index in [4.69, 9.17) is 5.11 Å². The second-order valence-corrected chi connectivity index (χ2v) is 7.67. The van der Waals surface area contributed by atoms with Crippen LogP contribution in [0, 0.1) is 11.3 Å². The summed E-state index contributed by atoms with van der Waals surface area (Å²) in [5, 5.41) is 8.74. The Morgan fingerprint density at radius 3 is 2.46 bits per heavy atom. The summed E-state index contributed by atoms with van der Waals surface area (Å²) in [6.45, 7) is 13.1. The van der Waals surface area contributed by atoms with E-state index in [2.05, 4.69) is 52.8 Å². The molecule has 1 aliphatic rings. The number of aliphatic carboxylic acids is 1. The summed E-state index contributed by atoms with van der Waals surface area (Å²) in [4.78, 5) is 10.6. The van der Waals surface area contributed by atoms with Crippen LogP contribution in [0.4, 0.5) is 0 Å². The number of carbonyl (C=O) groups is 1. The average molecular weight is 328 g/mol. The molecule has 0 amide bonds. The first kappa shape index (κ1) is 20.2. The number of carboxylic acids is 1. The summed E-state index contributed by atoms with van der Waals surface area (Å²) >= 11 is 0. The van der Waals surface area contributed by atoms with E-state index in [-0.39, 0.29) is 5.41 Å². The minimum atomic E-state index is -0.910. The fourth-order valence-electron chi connectivity index (χ4n) is 3.18. The zero-order chi connectivity index (χ0) is 18.3. The van der Waals surface area contributed by atoms with E-state index in [9.17, 15) is 4.79 Å². The Kier molecular flexibility index (Phi) is 7.47. The van der Waals surface area contributed by atoms with Gasteiger partial charge in [-0.05, 0) is 61.2 Å². The van der Waals surface area contributed by atoms with E-state index >= 15 is 0 Å². The van der Waals surface area contributed by atoms with Crippen LogP contribution < -0.4 is 0 Å². The van der Waals surface area contributed by atoms with Gasteiger partial charge in [0, 0.05) is 6.08 Å². The van der Waals surface area contributed by atoms with Crippen molar-refractivity contribution >= 4 is 5.97 Å². The third-order valence-electron chi connectivity index (χ3n) is 4.65. The second kappa shape index (κ2) is 8.86. The minimum absolute atomic E-state index is 0.248. The Morgan fingerprint density at radius 2 is 1.92 bits per heavy atom. The molecule has 0 aromatic carbocycles. The summed E-state index contributed by atoms with van der Waals surface area (Å²) in [5.41, 5.74) is 5.19. The maximum Gasteiger partial charge on any atom is 0.328 e. The van der Waals surface area contributed by atoms with Crippen LogP contribution in [0.3, 0.4) is 0 Å². The fraction of sp³-hybridized carbons (Fsp3) is 0.500. The molecule has 0 saturated heterocycles. The van der Waals surface area contributed by atoms with Gasteiger partial charge in [0.1, 0.15) is 0 Å². The van der Waals surface area contributed by atoms with E-state index in [1.807, 2.05) is 12.2 Å². The molecule has 0 bridgehead atoms. The lowest BCUT2D eigenvalue weighted by molar-refractivity contribution is -0.131. The van der Waals surface area contributed by atoms with Gasteiger partial charge < -0.3 is 5.11 Å². The summed E-state index contributed by atoms with van der Waals surface area (Å²) in [7, 11) is 0. The van der Waals surface area contributed by atoms with Crippen molar-refractivity contribution in [3.63, 3.8) is 0 Å². The standard InChI is InChI=1S/C22H32O2/c1-16(2)19(11-7-9-17(3)15-21(23)24)12-13-20-18(4)10-8-14-22(20,5)6/h7,9,11-13,15-16H,8,10,14H2,1-6H3,(H,23,24). The number of carboxylic acid groups (broad SMARTS) is 1. The van der Waals surface area contributed by atoms with Gasteiger partial charge in [-0.25, -0.2) is 4.79 Å². The van der Waals surface area contributed by atoms with Gasteiger partial charge in [0.05, 0.1) is 0 Å². The first-order valence-corrected chi connectivity index (χ1v) is 8.81. The van der Waals surface area contributed by atoms with Crippen LogP contribution in [0.1, 0.15) is 60.8 Å². The number of hydrogen-bond donors (Lipinski definition) is 1. The molecule has 0 saturated carbocycles. The molecule has 0 spiro atoms. The first-order valence-electron chi connectivity index (χ1n) is 8.81. The molecule has 1 rings (SSSR count). The maximum absolute atomic E-state index is 10.6.